The van der Waals surface area contributed by atoms with Crippen LogP contribution in [0.1, 0.15) is 5.69 Å². The van der Waals surface area contributed by atoms with Crippen molar-refractivity contribution in [3.05, 3.63) is 76.2 Å². The maximum atomic E-state index is 13.1. The number of thiazole rings is 1. The van der Waals surface area contributed by atoms with Gasteiger partial charge in [0.1, 0.15) is 12.2 Å². The zero-order valence-electron chi connectivity index (χ0n) is 16.2. The smallest absolute Gasteiger partial charge is 0.258 e. The molecule has 7 nitrogen and oxygen atoms in total. The van der Waals surface area contributed by atoms with Crippen molar-refractivity contribution in [2.75, 3.05) is 26.2 Å². The van der Waals surface area contributed by atoms with Crippen molar-refractivity contribution in [1.29, 1.82) is 0 Å². The van der Waals surface area contributed by atoms with Gasteiger partial charge in [-0.05, 0) is 22.9 Å². The van der Waals surface area contributed by atoms with Gasteiger partial charge in [0.2, 0.25) is 10.0 Å². The van der Waals surface area contributed by atoms with Crippen LogP contribution in [0.25, 0.3) is 15.7 Å². The molecule has 5 rings (SSSR count). The van der Waals surface area contributed by atoms with Gasteiger partial charge in [-0.25, -0.2) is 13.4 Å². The first-order chi connectivity index (χ1) is 14.5. The average molecular weight is 442 g/mol. The summed E-state index contributed by atoms with van der Waals surface area (Å²) in [6, 6.07) is 14.6. The van der Waals surface area contributed by atoms with Gasteiger partial charge in [-0.3, -0.25) is 9.20 Å². The lowest BCUT2D eigenvalue weighted by Gasteiger charge is -2.31. The molecular formula is C21H21N4O3S2+. The van der Waals surface area contributed by atoms with Crippen LogP contribution in [0.15, 0.2) is 69.8 Å². The van der Waals surface area contributed by atoms with Crippen LogP contribution in [0.2, 0.25) is 0 Å². The fourth-order valence-electron chi connectivity index (χ4n) is 3.93. The van der Waals surface area contributed by atoms with E-state index in [0.717, 1.165) is 16.5 Å². The van der Waals surface area contributed by atoms with Gasteiger partial charge < -0.3 is 4.90 Å². The lowest BCUT2D eigenvalue weighted by atomic mass is 10.1. The third kappa shape index (κ3) is 3.54. The van der Waals surface area contributed by atoms with E-state index < -0.39 is 10.0 Å². The minimum atomic E-state index is -3.53. The van der Waals surface area contributed by atoms with Gasteiger partial charge in [-0.1, -0.05) is 30.3 Å². The fraction of sp³-hybridized carbons (Fsp3) is 0.238. The summed E-state index contributed by atoms with van der Waals surface area (Å²) in [6.07, 6.45) is 1.72. The molecule has 2 aromatic heterocycles. The number of hydrogen-bond donors (Lipinski definition) is 1. The molecule has 0 aliphatic carbocycles. The first-order valence-electron chi connectivity index (χ1n) is 9.79. The Kier molecular flexibility index (Phi) is 4.90. The van der Waals surface area contributed by atoms with E-state index in [-0.39, 0.29) is 5.56 Å². The predicted octanol–water partition coefficient (Wildman–Crippen LogP) is 0.999. The summed E-state index contributed by atoms with van der Waals surface area (Å²) in [6.45, 7) is 2.87. The van der Waals surface area contributed by atoms with E-state index in [1.54, 1.807) is 28.7 Å². The fourth-order valence-corrected chi connectivity index (χ4v) is 6.15. The van der Waals surface area contributed by atoms with Gasteiger partial charge in [0, 0.05) is 17.6 Å². The molecule has 0 atom stereocenters. The number of benzene rings is 2. The van der Waals surface area contributed by atoms with E-state index >= 15 is 0 Å². The van der Waals surface area contributed by atoms with Crippen LogP contribution in [0.5, 0.6) is 0 Å². The monoisotopic (exact) mass is 441 g/mol. The number of quaternary nitrogens is 1. The van der Waals surface area contributed by atoms with Crippen molar-refractivity contribution < 1.29 is 13.3 Å². The third-order valence-corrected chi connectivity index (χ3v) is 8.23. The first-order valence-corrected chi connectivity index (χ1v) is 12.1. The molecule has 0 spiro atoms. The number of nitrogens with one attached hydrogen (secondary N) is 1. The second kappa shape index (κ2) is 7.59. The molecule has 4 aromatic rings. The van der Waals surface area contributed by atoms with Gasteiger partial charge in [0.05, 0.1) is 31.1 Å². The lowest BCUT2D eigenvalue weighted by molar-refractivity contribution is -0.917. The Bertz CT molecular complexity index is 1390. The predicted molar refractivity (Wildman–Crippen MR) is 116 cm³/mol. The van der Waals surface area contributed by atoms with Crippen molar-refractivity contribution in [2.24, 2.45) is 0 Å². The molecule has 0 radical (unpaired) electrons. The number of rotatable bonds is 4. The Labute approximate surface area is 177 Å². The lowest BCUT2D eigenvalue weighted by Crippen LogP contribution is -3.13. The van der Waals surface area contributed by atoms with Gasteiger partial charge in [0.15, 0.2) is 4.96 Å². The molecule has 1 aliphatic rings. The van der Waals surface area contributed by atoms with Gasteiger partial charge in [-0.2, -0.15) is 4.31 Å². The normalized spacial score (nSPS) is 16.4. The standard InChI is InChI=1S/C21H20N4O3S2/c26-20-14-18(22-21-25(20)11-12-29-21)15-23-7-9-24(10-8-23)30(27,28)19-6-5-16-3-1-2-4-17(16)13-19/h1-6,11-14H,7-10,15H2/p+1. The van der Waals surface area contributed by atoms with E-state index in [2.05, 4.69) is 4.98 Å². The number of fused-ring (bicyclic) bond motifs is 2. The van der Waals surface area contributed by atoms with Gasteiger partial charge in [0.25, 0.3) is 5.56 Å². The summed E-state index contributed by atoms with van der Waals surface area (Å²) < 4.78 is 29.3. The molecule has 1 aliphatic heterocycles. The molecule has 30 heavy (non-hydrogen) atoms. The summed E-state index contributed by atoms with van der Waals surface area (Å²) in [5, 5.41) is 3.79. The molecule has 3 heterocycles. The quantitative estimate of drug-likeness (QED) is 0.513. The summed E-state index contributed by atoms with van der Waals surface area (Å²) in [5.74, 6) is 0. The Morgan fingerprint density at radius 2 is 1.80 bits per heavy atom. The summed E-state index contributed by atoms with van der Waals surface area (Å²) >= 11 is 1.43. The van der Waals surface area contributed by atoms with Crippen molar-refractivity contribution in [3.63, 3.8) is 0 Å². The Morgan fingerprint density at radius 1 is 1.03 bits per heavy atom. The summed E-state index contributed by atoms with van der Waals surface area (Å²) in [4.78, 5) is 19.0. The summed E-state index contributed by atoms with van der Waals surface area (Å²) in [7, 11) is -3.53. The van der Waals surface area contributed by atoms with Crippen LogP contribution in [0.3, 0.4) is 0 Å². The molecule has 1 fully saturated rings. The molecule has 1 saturated heterocycles. The number of sulfonamides is 1. The van der Waals surface area contributed by atoms with Crippen LogP contribution in [0.4, 0.5) is 0 Å². The molecule has 1 N–H and O–H groups in total. The number of aromatic nitrogens is 2. The maximum Gasteiger partial charge on any atom is 0.258 e. The van der Waals surface area contributed by atoms with Crippen molar-refractivity contribution >= 4 is 37.1 Å². The number of hydrogen-bond acceptors (Lipinski definition) is 5. The maximum absolute atomic E-state index is 13.1. The topological polar surface area (TPSA) is 76.2 Å². The van der Waals surface area contributed by atoms with E-state index in [9.17, 15) is 13.2 Å². The second-order valence-electron chi connectivity index (χ2n) is 7.48. The second-order valence-corrected chi connectivity index (χ2v) is 10.3. The summed E-state index contributed by atoms with van der Waals surface area (Å²) in [5.41, 5.74) is 0.677. The highest BCUT2D eigenvalue weighted by Crippen LogP contribution is 2.22. The van der Waals surface area contributed by atoms with E-state index in [1.165, 1.54) is 20.6 Å². The average Bonchev–Trinajstić information content (AvgIpc) is 3.23. The first kappa shape index (κ1) is 19.4. The number of piperazine rings is 1. The zero-order valence-corrected chi connectivity index (χ0v) is 17.8. The molecule has 154 valence electrons. The SMILES string of the molecule is O=c1cc(C[NH+]2CCN(S(=O)(=O)c3ccc4ccccc4c3)CC2)nc2sccn12. The molecule has 0 amide bonds. The molecule has 0 saturated carbocycles. The zero-order chi connectivity index (χ0) is 20.7. The third-order valence-electron chi connectivity index (χ3n) is 5.58. The van der Waals surface area contributed by atoms with Crippen LogP contribution in [-0.4, -0.2) is 48.3 Å². The highest BCUT2D eigenvalue weighted by atomic mass is 32.2. The Balaban J connectivity index is 1.30. The molecule has 9 heteroatoms. The largest absolute Gasteiger partial charge is 0.328 e. The molecule has 0 unspecified atom stereocenters. The van der Waals surface area contributed by atoms with Crippen LogP contribution < -0.4 is 10.5 Å². The highest BCUT2D eigenvalue weighted by Gasteiger charge is 2.30. The van der Waals surface area contributed by atoms with Crippen LogP contribution >= 0.6 is 11.3 Å². The van der Waals surface area contributed by atoms with Crippen molar-refractivity contribution in [2.45, 2.75) is 11.4 Å². The van der Waals surface area contributed by atoms with Crippen LogP contribution in [-0.2, 0) is 16.6 Å². The molecular weight excluding hydrogens is 420 g/mol. The van der Waals surface area contributed by atoms with E-state index in [0.29, 0.717) is 42.6 Å². The highest BCUT2D eigenvalue weighted by molar-refractivity contribution is 7.89. The van der Waals surface area contributed by atoms with Crippen molar-refractivity contribution in [1.82, 2.24) is 13.7 Å². The van der Waals surface area contributed by atoms with E-state index in [1.807, 2.05) is 35.7 Å². The Morgan fingerprint density at radius 3 is 2.60 bits per heavy atom. The van der Waals surface area contributed by atoms with Gasteiger partial charge in [-0.15, -0.1) is 11.3 Å². The van der Waals surface area contributed by atoms with Gasteiger partial charge >= 0.3 is 0 Å². The minimum absolute atomic E-state index is 0.0758. The van der Waals surface area contributed by atoms with Crippen LogP contribution in [0, 0.1) is 0 Å². The molecule has 0 bridgehead atoms. The van der Waals surface area contributed by atoms with Crippen molar-refractivity contribution in [3.8, 4) is 0 Å². The van der Waals surface area contributed by atoms with E-state index in [4.69, 9.17) is 0 Å². The molecule has 2 aromatic carbocycles. The Hall–Kier alpha value is -2.59. The number of nitrogens with zero attached hydrogens (tertiary/aromatic N) is 3. The minimum Gasteiger partial charge on any atom is -0.328 e.